The maximum Gasteiger partial charge on any atom is 0.163 e. The molecule has 2 aromatic heterocycles. The van der Waals surface area contributed by atoms with Crippen molar-refractivity contribution in [3.05, 3.63) is 12.0 Å². The van der Waals surface area contributed by atoms with Crippen molar-refractivity contribution < 1.29 is 0 Å². The molecule has 0 bridgehead atoms. The summed E-state index contributed by atoms with van der Waals surface area (Å²) in [6.45, 7) is 11.2. The number of nitrogens with one attached hydrogen (secondary N) is 1. The van der Waals surface area contributed by atoms with E-state index in [9.17, 15) is 0 Å². The van der Waals surface area contributed by atoms with E-state index < -0.39 is 0 Å². The van der Waals surface area contributed by atoms with Gasteiger partial charge in [0.25, 0.3) is 0 Å². The molecule has 24 heavy (non-hydrogen) atoms. The van der Waals surface area contributed by atoms with E-state index in [-0.39, 0.29) is 0 Å². The molecular formula is C18H30N6. The third kappa shape index (κ3) is 3.86. The molecule has 0 saturated carbocycles. The number of hydrogen-bond donors (Lipinski definition) is 1. The van der Waals surface area contributed by atoms with E-state index in [0.717, 1.165) is 48.1 Å². The lowest BCUT2D eigenvalue weighted by atomic mass is 10.0. The normalized spacial score (nSPS) is 19.3. The summed E-state index contributed by atoms with van der Waals surface area (Å²) >= 11 is 0. The van der Waals surface area contributed by atoms with Crippen LogP contribution in [0.25, 0.3) is 11.0 Å². The zero-order valence-corrected chi connectivity index (χ0v) is 15.4. The maximum atomic E-state index is 4.72. The van der Waals surface area contributed by atoms with E-state index in [1.807, 2.05) is 17.9 Å². The Kier molecular flexibility index (Phi) is 5.33. The van der Waals surface area contributed by atoms with Crippen molar-refractivity contribution in [1.29, 1.82) is 0 Å². The highest BCUT2D eigenvalue weighted by atomic mass is 15.3. The molecule has 1 N–H and O–H groups in total. The second kappa shape index (κ2) is 7.47. The van der Waals surface area contributed by atoms with Crippen LogP contribution in [-0.2, 0) is 7.05 Å². The Morgan fingerprint density at radius 1 is 1.33 bits per heavy atom. The fourth-order valence-electron chi connectivity index (χ4n) is 3.43. The lowest BCUT2D eigenvalue weighted by Crippen LogP contribution is -2.35. The predicted molar refractivity (Wildman–Crippen MR) is 98.3 cm³/mol. The van der Waals surface area contributed by atoms with Crippen molar-refractivity contribution in [2.45, 2.75) is 46.0 Å². The highest BCUT2D eigenvalue weighted by Crippen LogP contribution is 2.22. The lowest BCUT2D eigenvalue weighted by Gasteiger charge is -2.30. The minimum atomic E-state index is 0.305. The molecule has 1 fully saturated rings. The van der Waals surface area contributed by atoms with Crippen LogP contribution in [0.4, 0.5) is 5.82 Å². The van der Waals surface area contributed by atoms with Gasteiger partial charge in [0, 0.05) is 26.1 Å². The minimum absolute atomic E-state index is 0.305. The average molecular weight is 330 g/mol. The topological polar surface area (TPSA) is 58.9 Å². The van der Waals surface area contributed by atoms with Crippen LogP contribution in [0.1, 0.15) is 51.8 Å². The van der Waals surface area contributed by atoms with Gasteiger partial charge in [0.15, 0.2) is 5.65 Å². The van der Waals surface area contributed by atoms with E-state index >= 15 is 0 Å². The summed E-state index contributed by atoms with van der Waals surface area (Å²) in [5.41, 5.74) is 0.904. The van der Waals surface area contributed by atoms with E-state index in [1.165, 1.54) is 25.9 Å². The van der Waals surface area contributed by atoms with Gasteiger partial charge < -0.3 is 10.2 Å². The van der Waals surface area contributed by atoms with Crippen LogP contribution in [0.5, 0.6) is 0 Å². The van der Waals surface area contributed by atoms with Crippen LogP contribution in [0, 0.1) is 5.92 Å². The van der Waals surface area contributed by atoms with Crippen LogP contribution in [0.2, 0.25) is 0 Å². The first kappa shape index (κ1) is 17.1. The summed E-state index contributed by atoms with van der Waals surface area (Å²) in [6.07, 6.45) is 5.71. The highest BCUT2D eigenvalue weighted by molar-refractivity contribution is 5.86. The molecule has 1 aliphatic rings. The van der Waals surface area contributed by atoms with Gasteiger partial charge in [-0.25, -0.2) is 9.97 Å². The highest BCUT2D eigenvalue weighted by Gasteiger charge is 2.16. The number of aryl methyl sites for hydroxylation is 1. The van der Waals surface area contributed by atoms with Crippen LogP contribution in [0.3, 0.4) is 0 Å². The van der Waals surface area contributed by atoms with Crippen molar-refractivity contribution >= 4 is 16.9 Å². The van der Waals surface area contributed by atoms with E-state index in [0.29, 0.717) is 5.92 Å². The van der Waals surface area contributed by atoms with Crippen molar-refractivity contribution in [3.8, 4) is 0 Å². The van der Waals surface area contributed by atoms with E-state index in [4.69, 9.17) is 4.98 Å². The fraction of sp³-hybridized carbons (Fsp3) is 0.722. The summed E-state index contributed by atoms with van der Waals surface area (Å²) in [4.78, 5) is 12.0. The Bertz CT molecular complexity index is 677. The first-order chi connectivity index (χ1) is 11.5. The van der Waals surface area contributed by atoms with Gasteiger partial charge in [-0.2, -0.15) is 5.10 Å². The number of hydrogen-bond acceptors (Lipinski definition) is 5. The van der Waals surface area contributed by atoms with Crippen LogP contribution in [0.15, 0.2) is 6.20 Å². The molecule has 6 heteroatoms. The van der Waals surface area contributed by atoms with Gasteiger partial charge >= 0.3 is 0 Å². The van der Waals surface area contributed by atoms with Crippen molar-refractivity contribution in [2.75, 3.05) is 31.5 Å². The Morgan fingerprint density at radius 3 is 2.92 bits per heavy atom. The molecule has 3 rings (SSSR count). The molecule has 0 radical (unpaired) electrons. The summed E-state index contributed by atoms with van der Waals surface area (Å²) in [6, 6.07) is 0. The molecule has 6 nitrogen and oxygen atoms in total. The molecule has 0 spiro atoms. The van der Waals surface area contributed by atoms with Crippen LogP contribution >= 0.6 is 0 Å². The van der Waals surface area contributed by atoms with Gasteiger partial charge in [-0.3, -0.25) is 4.68 Å². The first-order valence-electron chi connectivity index (χ1n) is 9.20. The minimum Gasteiger partial charge on any atom is -0.369 e. The number of anilines is 1. The smallest absolute Gasteiger partial charge is 0.163 e. The van der Waals surface area contributed by atoms with Gasteiger partial charge in [-0.1, -0.05) is 20.8 Å². The van der Waals surface area contributed by atoms with Crippen LogP contribution in [-0.4, -0.2) is 50.8 Å². The number of nitrogens with zero attached hydrogens (tertiary/aromatic N) is 5. The summed E-state index contributed by atoms with van der Waals surface area (Å²) in [7, 11) is 1.93. The Hall–Kier alpha value is -1.69. The zero-order chi connectivity index (χ0) is 17.1. The average Bonchev–Trinajstić information content (AvgIpc) is 2.93. The standard InChI is InChI=1S/C18H30N6/c1-13(2)16-21-17(15-11-20-23(4)18(15)22-16)19-8-6-10-24-9-5-7-14(3)12-24/h11,13-14H,5-10,12H2,1-4H3,(H,19,21,22)/t14-/m0/s1. The molecule has 0 amide bonds. The lowest BCUT2D eigenvalue weighted by molar-refractivity contribution is 0.183. The third-order valence-corrected chi connectivity index (χ3v) is 4.81. The van der Waals surface area contributed by atoms with Gasteiger partial charge in [-0.05, 0) is 38.3 Å². The number of aromatic nitrogens is 4. The van der Waals surface area contributed by atoms with Crippen molar-refractivity contribution in [3.63, 3.8) is 0 Å². The predicted octanol–water partition coefficient (Wildman–Crippen LogP) is 3.02. The SMILES string of the molecule is CC(C)c1nc(NCCCN2CCC[C@H](C)C2)c2cnn(C)c2n1. The largest absolute Gasteiger partial charge is 0.369 e. The van der Waals surface area contributed by atoms with Crippen molar-refractivity contribution in [1.82, 2.24) is 24.6 Å². The summed E-state index contributed by atoms with van der Waals surface area (Å²) in [5.74, 6) is 2.94. The summed E-state index contributed by atoms with van der Waals surface area (Å²) < 4.78 is 1.82. The maximum absolute atomic E-state index is 4.72. The monoisotopic (exact) mass is 330 g/mol. The molecule has 0 aromatic carbocycles. The third-order valence-electron chi connectivity index (χ3n) is 4.81. The molecule has 2 aromatic rings. The van der Waals surface area contributed by atoms with Gasteiger partial charge in [0.2, 0.25) is 0 Å². The molecule has 132 valence electrons. The molecule has 0 aliphatic carbocycles. The second-order valence-corrected chi connectivity index (χ2v) is 7.42. The molecule has 1 atom stereocenters. The Morgan fingerprint density at radius 2 is 2.17 bits per heavy atom. The number of fused-ring (bicyclic) bond motifs is 1. The van der Waals surface area contributed by atoms with Crippen LogP contribution < -0.4 is 5.32 Å². The number of rotatable bonds is 6. The van der Waals surface area contributed by atoms with E-state index in [1.54, 1.807) is 0 Å². The number of likely N-dealkylation sites (tertiary alicyclic amines) is 1. The Labute approximate surface area is 144 Å². The molecule has 3 heterocycles. The molecule has 1 saturated heterocycles. The quantitative estimate of drug-likeness (QED) is 0.825. The second-order valence-electron chi connectivity index (χ2n) is 7.42. The zero-order valence-electron chi connectivity index (χ0n) is 15.4. The molecule has 1 aliphatic heterocycles. The molecule has 0 unspecified atom stereocenters. The first-order valence-corrected chi connectivity index (χ1v) is 9.20. The van der Waals surface area contributed by atoms with Gasteiger partial charge in [0.05, 0.1) is 11.6 Å². The van der Waals surface area contributed by atoms with E-state index in [2.05, 4.69) is 41.1 Å². The molecular weight excluding hydrogens is 300 g/mol. The number of piperidine rings is 1. The van der Waals surface area contributed by atoms with Gasteiger partial charge in [0.1, 0.15) is 11.6 Å². The Balaban J connectivity index is 1.62. The van der Waals surface area contributed by atoms with Crippen molar-refractivity contribution in [2.24, 2.45) is 13.0 Å². The summed E-state index contributed by atoms with van der Waals surface area (Å²) in [5, 5.41) is 8.86. The van der Waals surface area contributed by atoms with Gasteiger partial charge in [-0.15, -0.1) is 0 Å². The fourth-order valence-corrected chi connectivity index (χ4v) is 3.43.